The van der Waals surface area contributed by atoms with E-state index in [1.54, 1.807) is 42.5 Å². The Labute approximate surface area is 202 Å². The second-order valence-corrected chi connectivity index (χ2v) is 8.35. The topological polar surface area (TPSA) is 9.23 Å². The summed E-state index contributed by atoms with van der Waals surface area (Å²) in [6.07, 6.45) is 2.83. The van der Waals surface area contributed by atoms with Crippen LogP contribution in [0.3, 0.4) is 0 Å². The van der Waals surface area contributed by atoms with Crippen LogP contribution in [0.4, 0.5) is 17.6 Å². The SMILES string of the molecule is CCCCOc1ccc(CCc2ccc(C#Cc3ccc4cc(F)c(F)cc4c3)c(F)c2)c(F)c1. The number of aryl methyl sites for hydroxylation is 2. The molecule has 5 heteroatoms. The summed E-state index contributed by atoms with van der Waals surface area (Å²) >= 11 is 0. The Morgan fingerprint density at radius 3 is 2.23 bits per heavy atom. The summed E-state index contributed by atoms with van der Waals surface area (Å²) < 4.78 is 61.4. The third kappa shape index (κ3) is 6.22. The highest BCUT2D eigenvalue weighted by molar-refractivity contribution is 5.84. The maximum absolute atomic E-state index is 14.6. The van der Waals surface area contributed by atoms with Gasteiger partial charge in [-0.1, -0.05) is 43.4 Å². The molecule has 4 aromatic carbocycles. The lowest BCUT2D eigenvalue weighted by atomic mass is 10.0. The fourth-order valence-corrected chi connectivity index (χ4v) is 3.71. The fraction of sp³-hybridized carbons (Fsp3) is 0.200. The zero-order valence-corrected chi connectivity index (χ0v) is 19.3. The molecule has 0 aliphatic rings. The average Bonchev–Trinajstić information content (AvgIpc) is 2.84. The fourth-order valence-electron chi connectivity index (χ4n) is 3.71. The first kappa shape index (κ1) is 24.3. The molecule has 0 aliphatic carbocycles. The first-order valence-corrected chi connectivity index (χ1v) is 11.5. The van der Waals surface area contributed by atoms with Gasteiger partial charge in [0.25, 0.3) is 0 Å². The van der Waals surface area contributed by atoms with E-state index in [2.05, 4.69) is 18.8 Å². The van der Waals surface area contributed by atoms with Crippen LogP contribution in [-0.2, 0) is 12.8 Å². The molecule has 178 valence electrons. The number of ether oxygens (including phenoxy) is 1. The zero-order chi connectivity index (χ0) is 24.8. The van der Waals surface area contributed by atoms with Crippen LogP contribution in [0.2, 0.25) is 0 Å². The van der Waals surface area contributed by atoms with Crippen LogP contribution in [0.25, 0.3) is 10.8 Å². The lowest BCUT2D eigenvalue weighted by Gasteiger charge is -2.08. The van der Waals surface area contributed by atoms with Crippen molar-refractivity contribution in [3.8, 4) is 17.6 Å². The molecular formula is C30H24F4O. The Bertz CT molecular complexity index is 1420. The minimum Gasteiger partial charge on any atom is -0.493 e. The van der Waals surface area contributed by atoms with E-state index >= 15 is 0 Å². The third-order valence-corrected chi connectivity index (χ3v) is 5.73. The van der Waals surface area contributed by atoms with Gasteiger partial charge in [-0.2, -0.15) is 0 Å². The van der Waals surface area contributed by atoms with E-state index in [9.17, 15) is 17.6 Å². The summed E-state index contributed by atoms with van der Waals surface area (Å²) in [5.74, 6) is 3.53. The molecule has 0 saturated heterocycles. The summed E-state index contributed by atoms with van der Waals surface area (Å²) in [5, 5.41) is 1.07. The van der Waals surface area contributed by atoms with Gasteiger partial charge in [-0.05, 0) is 83.6 Å². The van der Waals surface area contributed by atoms with Gasteiger partial charge < -0.3 is 4.74 Å². The van der Waals surface area contributed by atoms with Crippen molar-refractivity contribution in [1.82, 2.24) is 0 Å². The first-order chi connectivity index (χ1) is 16.9. The highest BCUT2D eigenvalue weighted by Crippen LogP contribution is 2.21. The van der Waals surface area contributed by atoms with Gasteiger partial charge in [-0.15, -0.1) is 0 Å². The Hall–Kier alpha value is -3.78. The van der Waals surface area contributed by atoms with E-state index in [1.165, 1.54) is 12.1 Å². The lowest BCUT2D eigenvalue weighted by molar-refractivity contribution is 0.307. The molecule has 0 heterocycles. The van der Waals surface area contributed by atoms with Crippen LogP contribution in [-0.4, -0.2) is 6.61 Å². The maximum Gasteiger partial charge on any atom is 0.159 e. The molecule has 4 aromatic rings. The Kier molecular flexibility index (Phi) is 7.72. The van der Waals surface area contributed by atoms with Crippen molar-refractivity contribution < 1.29 is 22.3 Å². The van der Waals surface area contributed by atoms with Crippen molar-refractivity contribution in [3.05, 3.63) is 112 Å². The molecule has 0 spiro atoms. The van der Waals surface area contributed by atoms with E-state index in [-0.39, 0.29) is 11.4 Å². The average molecular weight is 477 g/mol. The minimum absolute atomic E-state index is 0.221. The van der Waals surface area contributed by atoms with Crippen molar-refractivity contribution in [2.45, 2.75) is 32.6 Å². The smallest absolute Gasteiger partial charge is 0.159 e. The molecule has 0 radical (unpaired) electrons. The molecule has 4 rings (SSSR count). The second kappa shape index (κ2) is 11.1. The van der Waals surface area contributed by atoms with Crippen molar-refractivity contribution in [2.24, 2.45) is 0 Å². The van der Waals surface area contributed by atoms with Gasteiger partial charge in [0.15, 0.2) is 11.6 Å². The molecule has 0 aromatic heterocycles. The highest BCUT2D eigenvalue weighted by Gasteiger charge is 2.08. The molecule has 0 amide bonds. The van der Waals surface area contributed by atoms with E-state index in [0.29, 0.717) is 47.1 Å². The van der Waals surface area contributed by atoms with Crippen LogP contribution in [0.15, 0.2) is 66.7 Å². The molecule has 0 N–H and O–H groups in total. The summed E-state index contributed by atoms with van der Waals surface area (Å²) in [7, 11) is 0. The van der Waals surface area contributed by atoms with Gasteiger partial charge in [0, 0.05) is 11.6 Å². The first-order valence-electron chi connectivity index (χ1n) is 11.5. The Morgan fingerprint density at radius 2 is 1.49 bits per heavy atom. The molecule has 0 unspecified atom stereocenters. The molecule has 0 aliphatic heterocycles. The summed E-state index contributed by atoms with van der Waals surface area (Å²) in [6.45, 7) is 2.62. The van der Waals surface area contributed by atoms with Crippen LogP contribution >= 0.6 is 0 Å². The van der Waals surface area contributed by atoms with Gasteiger partial charge in [-0.3, -0.25) is 0 Å². The van der Waals surface area contributed by atoms with Crippen molar-refractivity contribution in [1.29, 1.82) is 0 Å². The quantitative estimate of drug-likeness (QED) is 0.150. The molecular weight excluding hydrogens is 452 g/mol. The van der Waals surface area contributed by atoms with Gasteiger partial charge in [0.1, 0.15) is 17.4 Å². The number of unbranched alkanes of at least 4 members (excludes halogenated alkanes) is 1. The molecule has 0 atom stereocenters. The summed E-state index contributed by atoms with van der Waals surface area (Å²) in [5.41, 5.74) is 2.06. The number of fused-ring (bicyclic) bond motifs is 1. The van der Waals surface area contributed by atoms with Crippen molar-refractivity contribution in [3.63, 3.8) is 0 Å². The van der Waals surface area contributed by atoms with Crippen molar-refractivity contribution in [2.75, 3.05) is 6.61 Å². The largest absolute Gasteiger partial charge is 0.493 e. The van der Waals surface area contributed by atoms with E-state index in [0.717, 1.165) is 30.5 Å². The standard InChI is InChI=1S/C30H24F4O/c1-2-3-14-35-26-13-12-23(28(32)19-26)10-6-21-5-9-22(27(31)16-21)8-4-20-7-11-24-17-29(33)30(34)18-25(24)15-20/h5,7,9,11-13,15-19H,2-3,6,10,14H2,1H3. The van der Waals surface area contributed by atoms with Crippen LogP contribution in [0.1, 0.15) is 42.0 Å². The minimum atomic E-state index is -0.930. The number of hydrogen-bond donors (Lipinski definition) is 0. The summed E-state index contributed by atoms with van der Waals surface area (Å²) in [4.78, 5) is 0. The van der Waals surface area contributed by atoms with Crippen LogP contribution in [0, 0.1) is 35.1 Å². The van der Waals surface area contributed by atoms with Crippen LogP contribution < -0.4 is 4.74 Å². The van der Waals surface area contributed by atoms with Crippen LogP contribution in [0.5, 0.6) is 5.75 Å². The van der Waals surface area contributed by atoms with Gasteiger partial charge in [0.05, 0.1) is 12.2 Å². The van der Waals surface area contributed by atoms with Crippen molar-refractivity contribution >= 4 is 10.8 Å². The van der Waals surface area contributed by atoms with E-state index in [4.69, 9.17) is 4.74 Å². The number of benzene rings is 4. The third-order valence-electron chi connectivity index (χ3n) is 5.73. The summed E-state index contributed by atoms with van der Waals surface area (Å²) in [6, 6.07) is 16.8. The number of hydrogen-bond acceptors (Lipinski definition) is 1. The number of halogens is 4. The Balaban J connectivity index is 1.42. The normalized spacial score (nSPS) is 10.8. The monoisotopic (exact) mass is 476 g/mol. The van der Waals surface area contributed by atoms with E-state index < -0.39 is 17.5 Å². The number of rotatable bonds is 7. The Morgan fingerprint density at radius 1 is 0.686 bits per heavy atom. The lowest BCUT2D eigenvalue weighted by Crippen LogP contribution is -2.00. The van der Waals surface area contributed by atoms with Gasteiger partial charge in [0.2, 0.25) is 0 Å². The van der Waals surface area contributed by atoms with E-state index in [1.807, 2.05) is 0 Å². The maximum atomic E-state index is 14.6. The zero-order valence-electron chi connectivity index (χ0n) is 19.3. The predicted octanol–water partition coefficient (Wildman–Crippen LogP) is 7.76. The highest BCUT2D eigenvalue weighted by atomic mass is 19.2. The molecule has 0 fully saturated rings. The van der Waals surface area contributed by atoms with Gasteiger partial charge >= 0.3 is 0 Å². The van der Waals surface area contributed by atoms with Gasteiger partial charge in [-0.25, -0.2) is 17.6 Å². The second-order valence-electron chi connectivity index (χ2n) is 8.35. The molecule has 35 heavy (non-hydrogen) atoms. The molecule has 0 bridgehead atoms. The predicted molar refractivity (Wildman–Crippen MR) is 130 cm³/mol. The molecule has 1 nitrogen and oxygen atoms in total. The molecule has 0 saturated carbocycles.